The Hall–Kier alpha value is -0.660. The lowest BCUT2D eigenvalue weighted by atomic mass is 10.2. The summed E-state index contributed by atoms with van der Waals surface area (Å²) in [4.78, 5) is 13.3. The number of halogens is 1. The van der Waals surface area contributed by atoms with Crippen LogP contribution in [0.3, 0.4) is 0 Å². The van der Waals surface area contributed by atoms with Crippen LogP contribution in [0.1, 0.15) is 13.8 Å². The maximum Gasteiger partial charge on any atom is 0.279 e. The van der Waals surface area contributed by atoms with Crippen molar-refractivity contribution in [2.45, 2.75) is 26.1 Å². The lowest BCUT2D eigenvalue weighted by Crippen LogP contribution is -3.16. The van der Waals surface area contributed by atoms with Crippen LogP contribution >= 0.6 is 22.6 Å². The number of hydrogen-bond acceptors (Lipinski definition) is 2. The number of ether oxygens (including phenoxy) is 1. The molecule has 1 fully saturated rings. The fraction of sp³-hybridized carbons (Fsp3) is 0.500. The average Bonchev–Trinajstić information content (AvgIpc) is 2.30. The highest BCUT2D eigenvalue weighted by atomic mass is 127. The first-order valence-corrected chi connectivity index (χ1v) is 7.65. The molecule has 2 atom stereocenters. The van der Waals surface area contributed by atoms with Gasteiger partial charge < -0.3 is 15.0 Å². The van der Waals surface area contributed by atoms with E-state index in [4.69, 9.17) is 4.74 Å². The largest absolute Gasteiger partial charge is 0.364 e. The van der Waals surface area contributed by atoms with E-state index in [1.54, 1.807) is 0 Å². The fourth-order valence-electron chi connectivity index (χ4n) is 2.50. The van der Waals surface area contributed by atoms with Crippen molar-refractivity contribution in [2.24, 2.45) is 0 Å². The van der Waals surface area contributed by atoms with Gasteiger partial charge in [0.1, 0.15) is 25.3 Å². The average molecular weight is 375 g/mol. The van der Waals surface area contributed by atoms with E-state index in [2.05, 4.69) is 41.8 Å². The number of rotatable bonds is 3. The van der Waals surface area contributed by atoms with Crippen LogP contribution in [0.25, 0.3) is 0 Å². The van der Waals surface area contributed by atoms with Crippen molar-refractivity contribution in [1.82, 2.24) is 0 Å². The third-order valence-electron chi connectivity index (χ3n) is 3.16. The third-order valence-corrected chi connectivity index (χ3v) is 3.87. The molecule has 1 amide bonds. The van der Waals surface area contributed by atoms with Crippen LogP contribution in [0.15, 0.2) is 24.3 Å². The molecule has 2 N–H and O–H groups in total. The van der Waals surface area contributed by atoms with E-state index in [1.165, 1.54) is 4.90 Å². The number of morpholine rings is 1. The van der Waals surface area contributed by atoms with Gasteiger partial charge in [0.15, 0.2) is 6.54 Å². The number of carbonyl (C=O) groups is 1. The Morgan fingerprint density at radius 3 is 2.47 bits per heavy atom. The van der Waals surface area contributed by atoms with Crippen molar-refractivity contribution in [3.8, 4) is 0 Å². The maximum atomic E-state index is 12.0. The Kier molecular flexibility index (Phi) is 5.18. The van der Waals surface area contributed by atoms with Gasteiger partial charge >= 0.3 is 0 Å². The summed E-state index contributed by atoms with van der Waals surface area (Å²) in [6.45, 7) is 6.41. The van der Waals surface area contributed by atoms with Gasteiger partial charge in [0, 0.05) is 9.26 Å². The first kappa shape index (κ1) is 14.7. The lowest BCUT2D eigenvalue weighted by Gasteiger charge is -2.31. The quantitative estimate of drug-likeness (QED) is 0.772. The molecule has 1 aliphatic rings. The van der Waals surface area contributed by atoms with Crippen LogP contribution in [0.2, 0.25) is 0 Å². The third kappa shape index (κ3) is 4.74. The normalized spacial score (nSPS) is 27.0. The van der Waals surface area contributed by atoms with Gasteiger partial charge in [-0.15, -0.1) is 0 Å². The predicted molar refractivity (Wildman–Crippen MR) is 83.4 cm³/mol. The fourth-order valence-corrected chi connectivity index (χ4v) is 2.86. The van der Waals surface area contributed by atoms with Gasteiger partial charge in [-0.3, -0.25) is 4.79 Å². The Balaban J connectivity index is 1.85. The standard InChI is InChI=1S/C14H19IN2O2/c1-10-7-17(8-11(2)19-10)9-14(18)16-13-5-3-12(15)4-6-13/h3-6,10-11H,7-9H2,1-2H3,(H,16,18)/p+1/t10-,11-/m0/s1. The zero-order valence-corrected chi connectivity index (χ0v) is 13.4. The van der Waals surface area contributed by atoms with Crippen molar-refractivity contribution >= 4 is 34.2 Å². The van der Waals surface area contributed by atoms with Crippen molar-refractivity contribution in [2.75, 3.05) is 25.0 Å². The van der Waals surface area contributed by atoms with Gasteiger partial charge in [-0.25, -0.2) is 0 Å². The smallest absolute Gasteiger partial charge is 0.279 e. The molecule has 0 bridgehead atoms. The number of amides is 1. The summed E-state index contributed by atoms with van der Waals surface area (Å²) >= 11 is 2.25. The number of nitrogens with one attached hydrogen (secondary N) is 2. The Morgan fingerprint density at radius 1 is 1.32 bits per heavy atom. The summed E-state index contributed by atoms with van der Waals surface area (Å²) in [5.74, 6) is 0.0671. The van der Waals surface area contributed by atoms with Crippen LogP contribution in [0.5, 0.6) is 0 Å². The van der Waals surface area contributed by atoms with Crippen LogP contribution in [-0.2, 0) is 9.53 Å². The second-order valence-electron chi connectivity index (χ2n) is 5.15. The molecular formula is C14H20IN2O2+. The molecule has 4 nitrogen and oxygen atoms in total. The number of anilines is 1. The number of carbonyl (C=O) groups excluding carboxylic acids is 1. The predicted octanol–water partition coefficient (Wildman–Crippen LogP) is 0.922. The second kappa shape index (κ2) is 6.67. The van der Waals surface area contributed by atoms with Crippen LogP contribution in [0.4, 0.5) is 5.69 Å². The van der Waals surface area contributed by atoms with Crippen molar-refractivity contribution in [3.05, 3.63) is 27.8 Å². The van der Waals surface area contributed by atoms with Crippen molar-refractivity contribution in [3.63, 3.8) is 0 Å². The number of hydrogen-bond donors (Lipinski definition) is 2. The highest BCUT2D eigenvalue weighted by Crippen LogP contribution is 2.10. The van der Waals surface area contributed by atoms with E-state index in [0.717, 1.165) is 22.3 Å². The minimum Gasteiger partial charge on any atom is -0.364 e. The molecule has 2 rings (SSSR count). The molecule has 1 heterocycles. The molecule has 0 aromatic heterocycles. The summed E-state index contributed by atoms with van der Waals surface area (Å²) < 4.78 is 6.84. The van der Waals surface area contributed by atoms with Crippen LogP contribution in [-0.4, -0.2) is 37.7 Å². The van der Waals surface area contributed by atoms with Gasteiger partial charge in [-0.1, -0.05) is 0 Å². The van der Waals surface area contributed by atoms with Crippen LogP contribution in [0, 0.1) is 3.57 Å². The van der Waals surface area contributed by atoms with Crippen LogP contribution < -0.4 is 10.2 Å². The van der Waals surface area contributed by atoms with Gasteiger partial charge in [0.05, 0.1) is 0 Å². The summed E-state index contributed by atoms with van der Waals surface area (Å²) in [6.07, 6.45) is 0.453. The van der Waals surface area contributed by atoms with E-state index in [0.29, 0.717) is 6.54 Å². The van der Waals surface area contributed by atoms with E-state index in [1.807, 2.05) is 24.3 Å². The Bertz CT molecular complexity index is 426. The zero-order valence-electron chi connectivity index (χ0n) is 11.3. The summed E-state index contributed by atoms with van der Waals surface area (Å²) in [5, 5.41) is 2.94. The molecule has 5 heteroatoms. The Labute approximate surface area is 127 Å². The highest BCUT2D eigenvalue weighted by molar-refractivity contribution is 14.1. The maximum absolute atomic E-state index is 12.0. The summed E-state index contributed by atoms with van der Waals surface area (Å²) in [5.41, 5.74) is 0.860. The second-order valence-corrected chi connectivity index (χ2v) is 6.39. The number of benzene rings is 1. The van der Waals surface area contributed by atoms with E-state index >= 15 is 0 Å². The molecule has 0 unspecified atom stereocenters. The molecule has 104 valence electrons. The molecule has 0 aliphatic carbocycles. The van der Waals surface area contributed by atoms with Crippen molar-refractivity contribution < 1.29 is 14.4 Å². The minimum absolute atomic E-state index is 0.0671. The first-order valence-electron chi connectivity index (χ1n) is 6.57. The number of quaternary nitrogens is 1. The van der Waals surface area contributed by atoms with Crippen molar-refractivity contribution in [1.29, 1.82) is 0 Å². The van der Waals surface area contributed by atoms with E-state index < -0.39 is 0 Å². The molecule has 1 aliphatic heterocycles. The molecule has 0 spiro atoms. The summed E-state index contributed by atoms with van der Waals surface area (Å²) in [6, 6.07) is 7.84. The van der Waals surface area contributed by atoms with Gasteiger partial charge in [-0.05, 0) is 60.7 Å². The van der Waals surface area contributed by atoms with E-state index in [9.17, 15) is 4.79 Å². The molecule has 0 saturated carbocycles. The molecule has 1 aromatic rings. The SMILES string of the molecule is C[C@H]1C[NH+](CC(=O)Nc2ccc(I)cc2)C[C@H](C)O1. The first-order chi connectivity index (χ1) is 9.02. The lowest BCUT2D eigenvalue weighted by molar-refractivity contribution is -0.907. The van der Waals surface area contributed by atoms with Gasteiger partial charge in [-0.2, -0.15) is 0 Å². The molecular weight excluding hydrogens is 355 g/mol. The van der Waals surface area contributed by atoms with E-state index in [-0.39, 0.29) is 18.1 Å². The molecule has 1 aromatic carbocycles. The molecule has 19 heavy (non-hydrogen) atoms. The summed E-state index contributed by atoms with van der Waals surface area (Å²) in [7, 11) is 0. The highest BCUT2D eigenvalue weighted by Gasteiger charge is 2.27. The Morgan fingerprint density at radius 2 is 1.89 bits per heavy atom. The molecule has 1 saturated heterocycles. The zero-order chi connectivity index (χ0) is 13.8. The van der Waals surface area contributed by atoms with Gasteiger partial charge in [0.25, 0.3) is 5.91 Å². The topological polar surface area (TPSA) is 42.8 Å². The molecule has 0 radical (unpaired) electrons. The minimum atomic E-state index is 0.0671. The van der Waals surface area contributed by atoms with Gasteiger partial charge in [0.2, 0.25) is 0 Å². The monoisotopic (exact) mass is 375 g/mol.